The standard InChI is InChI=1S/C15H14Br2O/c1-10-4-2-3-5-11(10)8-15(18)13-7-6-12(16)9-14(13)17/h2-7,9,15,18H,8H2,1H3. The fraction of sp³-hybridized carbons (Fsp3) is 0.200. The van der Waals surface area contributed by atoms with Crippen molar-refractivity contribution in [3.05, 3.63) is 68.1 Å². The van der Waals surface area contributed by atoms with E-state index in [2.05, 4.69) is 50.9 Å². The highest BCUT2D eigenvalue weighted by atomic mass is 79.9. The molecule has 0 fully saturated rings. The van der Waals surface area contributed by atoms with Crippen LogP contribution in [0.2, 0.25) is 0 Å². The molecule has 0 aromatic heterocycles. The molecule has 18 heavy (non-hydrogen) atoms. The normalized spacial score (nSPS) is 12.4. The molecule has 0 heterocycles. The first-order valence-corrected chi connectivity index (χ1v) is 7.34. The molecule has 0 bridgehead atoms. The van der Waals surface area contributed by atoms with Crippen molar-refractivity contribution in [3.63, 3.8) is 0 Å². The van der Waals surface area contributed by atoms with E-state index in [9.17, 15) is 5.11 Å². The van der Waals surface area contributed by atoms with Gasteiger partial charge in [0.15, 0.2) is 0 Å². The fourth-order valence-electron chi connectivity index (χ4n) is 1.93. The summed E-state index contributed by atoms with van der Waals surface area (Å²) < 4.78 is 1.93. The number of aliphatic hydroxyl groups is 1. The maximum atomic E-state index is 10.3. The Morgan fingerprint density at radius 2 is 1.83 bits per heavy atom. The van der Waals surface area contributed by atoms with Crippen LogP contribution in [0.5, 0.6) is 0 Å². The summed E-state index contributed by atoms with van der Waals surface area (Å²) in [5.41, 5.74) is 3.31. The molecular weight excluding hydrogens is 356 g/mol. The summed E-state index contributed by atoms with van der Waals surface area (Å²) >= 11 is 6.90. The van der Waals surface area contributed by atoms with Crippen LogP contribution in [-0.2, 0) is 6.42 Å². The van der Waals surface area contributed by atoms with Crippen LogP contribution in [0.25, 0.3) is 0 Å². The first kappa shape index (κ1) is 13.8. The van der Waals surface area contributed by atoms with Gasteiger partial charge in [0.05, 0.1) is 6.10 Å². The zero-order chi connectivity index (χ0) is 13.1. The van der Waals surface area contributed by atoms with E-state index < -0.39 is 6.10 Å². The van der Waals surface area contributed by atoms with Gasteiger partial charge in [0, 0.05) is 15.4 Å². The lowest BCUT2D eigenvalue weighted by atomic mass is 9.98. The number of benzene rings is 2. The molecule has 0 aliphatic carbocycles. The topological polar surface area (TPSA) is 20.2 Å². The summed E-state index contributed by atoms with van der Waals surface area (Å²) in [5.74, 6) is 0. The van der Waals surface area contributed by atoms with Crippen molar-refractivity contribution in [2.45, 2.75) is 19.4 Å². The molecule has 3 heteroatoms. The van der Waals surface area contributed by atoms with Gasteiger partial charge in [0.1, 0.15) is 0 Å². The molecule has 1 atom stereocenters. The SMILES string of the molecule is Cc1ccccc1CC(O)c1ccc(Br)cc1Br. The van der Waals surface area contributed by atoms with Crippen LogP contribution in [0.3, 0.4) is 0 Å². The van der Waals surface area contributed by atoms with Crippen LogP contribution in [-0.4, -0.2) is 5.11 Å². The Kier molecular flexibility index (Phi) is 4.60. The third kappa shape index (κ3) is 3.22. The lowest BCUT2D eigenvalue weighted by Gasteiger charge is -2.14. The average Bonchev–Trinajstić information content (AvgIpc) is 2.32. The lowest BCUT2D eigenvalue weighted by molar-refractivity contribution is 0.177. The molecule has 1 nitrogen and oxygen atoms in total. The van der Waals surface area contributed by atoms with Crippen molar-refractivity contribution in [1.82, 2.24) is 0 Å². The molecule has 2 aromatic rings. The number of rotatable bonds is 3. The van der Waals surface area contributed by atoms with Gasteiger partial charge >= 0.3 is 0 Å². The molecule has 0 radical (unpaired) electrons. The smallest absolute Gasteiger partial charge is 0.0841 e. The van der Waals surface area contributed by atoms with Crippen LogP contribution in [0.15, 0.2) is 51.4 Å². The van der Waals surface area contributed by atoms with E-state index in [1.165, 1.54) is 11.1 Å². The van der Waals surface area contributed by atoms with E-state index in [1.807, 2.05) is 30.3 Å². The second-order valence-corrected chi connectivity index (χ2v) is 6.08. The van der Waals surface area contributed by atoms with Crippen molar-refractivity contribution >= 4 is 31.9 Å². The molecular formula is C15H14Br2O. The second-order valence-electron chi connectivity index (χ2n) is 4.31. The Morgan fingerprint density at radius 1 is 1.11 bits per heavy atom. The molecule has 0 aliphatic heterocycles. The summed E-state index contributed by atoms with van der Waals surface area (Å²) in [6.07, 6.45) is 0.140. The van der Waals surface area contributed by atoms with Crippen LogP contribution in [0.1, 0.15) is 22.8 Å². The number of aryl methyl sites for hydroxylation is 1. The van der Waals surface area contributed by atoms with Gasteiger partial charge in [-0.2, -0.15) is 0 Å². The van der Waals surface area contributed by atoms with Gasteiger partial charge < -0.3 is 5.11 Å². The van der Waals surface area contributed by atoms with E-state index in [0.29, 0.717) is 6.42 Å². The molecule has 0 aliphatic rings. The van der Waals surface area contributed by atoms with Gasteiger partial charge in [0.25, 0.3) is 0 Å². The Balaban J connectivity index is 2.22. The monoisotopic (exact) mass is 368 g/mol. The summed E-state index contributed by atoms with van der Waals surface area (Å²) in [7, 11) is 0. The molecule has 1 N–H and O–H groups in total. The summed E-state index contributed by atoms with van der Waals surface area (Å²) in [6.45, 7) is 2.07. The number of halogens is 2. The summed E-state index contributed by atoms with van der Waals surface area (Å²) in [6, 6.07) is 14.0. The molecule has 2 aromatic carbocycles. The largest absolute Gasteiger partial charge is 0.388 e. The predicted molar refractivity (Wildman–Crippen MR) is 81.7 cm³/mol. The quantitative estimate of drug-likeness (QED) is 0.824. The first-order valence-electron chi connectivity index (χ1n) is 5.75. The second kappa shape index (κ2) is 6.00. The van der Waals surface area contributed by atoms with Crippen molar-refractivity contribution in [2.75, 3.05) is 0 Å². The molecule has 2 rings (SSSR count). The lowest BCUT2D eigenvalue weighted by Crippen LogP contribution is -2.04. The Bertz CT molecular complexity index is 552. The summed E-state index contributed by atoms with van der Waals surface area (Å²) in [5, 5.41) is 10.3. The first-order chi connectivity index (χ1) is 8.58. The Morgan fingerprint density at radius 3 is 2.50 bits per heavy atom. The molecule has 0 saturated carbocycles. The Labute approximate surface area is 124 Å². The highest BCUT2D eigenvalue weighted by Gasteiger charge is 2.13. The van der Waals surface area contributed by atoms with E-state index in [0.717, 1.165) is 14.5 Å². The highest BCUT2D eigenvalue weighted by Crippen LogP contribution is 2.29. The molecule has 0 spiro atoms. The van der Waals surface area contributed by atoms with Crippen LogP contribution in [0.4, 0.5) is 0 Å². The van der Waals surface area contributed by atoms with Gasteiger partial charge in [-0.25, -0.2) is 0 Å². The minimum Gasteiger partial charge on any atom is -0.388 e. The van der Waals surface area contributed by atoms with Crippen molar-refractivity contribution in [2.24, 2.45) is 0 Å². The zero-order valence-corrected chi connectivity index (χ0v) is 13.2. The minimum atomic E-state index is -0.492. The highest BCUT2D eigenvalue weighted by molar-refractivity contribution is 9.11. The zero-order valence-electron chi connectivity index (χ0n) is 10.0. The number of hydrogen-bond donors (Lipinski definition) is 1. The van der Waals surface area contributed by atoms with E-state index in [1.54, 1.807) is 0 Å². The maximum Gasteiger partial charge on any atom is 0.0841 e. The summed E-state index contributed by atoms with van der Waals surface area (Å²) in [4.78, 5) is 0. The third-order valence-electron chi connectivity index (χ3n) is 3.00. The van der Waals surface area contributed by atoms with Gasteiger partial charge in [0.2, 0.25) is 0 Å². The molecule has 94 valence electrons. The average molecular weight is 370 g/mol. The van der Waals surface area contributed by atoms with Gasteiger partial charge in [-0.05, 0) is 35.7 Å². The van der Waals surface area contributed by atoms with E-state index in [-0.39, 0.29) is 0 Å². The van der Waals surface area contributed by atoms with Crippen LogP contribution >= 0.6 is 31.9 Å². The fourth-order valence-corrected chi connectivity index (χ4v) is 3.24. The number of hydrogen-bond acceptors (Lipinski definition) is 1. The number of aliphatic hydroxyl groups excluding tert-OH is 1. The molecule has 1 unspecified atom stereocenters. The van der Waals surface area contributed by atoms with Gasteiger partial charge in [-0.3, -0.25) is 0 Å². The minimum absolute atomic E-state index is 0.492. The third-order valence-corrected chi connectivity index (χ3v) is 4.18. The van der Waals surface area contributed by atoms with Crippen molar-refractivity contribution < 1.29 is 5.11 Å². The van der Waals surface area contributed by atoms with Gasteiger partial charge in [-0.15, -0.1) is 0 Å². The van der Waals surface area contributed by atoms with E-state index in [4.69, 9.17) is 0 Å². The van der Waals surface area contributed by atoms with Gasteiger partial charge in [-0.1, -0.05) is 62.2 Å². The van der Waals surface area contributed by atoms with Crippen molar-refractivity contribution in [1.29, 1.82) is 0 Å². The van der Waals surface area contributed by atoms with Crippen LogP contribution < -0.4 is 0 Å². The van der Waals surface area contributed by atoms with E-state index >= 15 is 0 Å². The molecule has 0 saturated heterocycles. The van der Waals surface area contributed by atoms with Crippen LogP contribution in [0, 0.1) is 6.92 Å². The maximum absolute atomic E-state index is 10.3. The molecule has 0 amide bonds. The Hall–Kier alpha value is -0.640. The predicted octanol–water partition coefficient (Wildman–Crippen LogP) is 4.80. The van der Waals surface area contributed by atoms with Crippen molar-refractivity contribution in [3.8, 4) is 0 Å².